The molecule has 1 amide bonds. The number of aromatic nitrogens is 4. The van der Waals surface area contributed by atoms with Crippen molar-refractivity contribution in [2.75, 3.05) is 13.2 Å². The van der Waals surface area contributed by atoms with E-state index in [4.69, 9.17) is 24.9 Å². The van der Waals surface area contributed by atoms with Crippen molar-refractivity contribution in [2.45, 2.75) is 89.9 Å². The Bertz CT molecular complexity index is 1500. The van der Waals surface area contributed by atoms with Crippen molar-refractivity contribution in [3.05, 3.63) is 54.1 Å². The van der Waals surface area contributed by atoms with Crippen molar-refractivity contribution in [3.63, 3.8) is 0 Å². The van der Waals surface area contributed by atoms with Crippen LogP contribution in [0, 0.1) is 0 Å². The van der Waals surface area contributed by atoms with Crippen LogP contribution in [0.4, 0.5) is 4.79 Å². The van der Waals surface area contributed by atoms with Crippen molar-refractivity contribution < 1.29 is 34.3 Å². The topological polar surface area (TPSA) is 165 Å². The first-order valence-electron chi connectivity index (χ1n) is 15.8. The molecule has 14 nitrogen and oxygen atoms in total. The quantitative estimate of drug-likeness (QED) is 0.119. The lowest BCUT2D eigenvalue weighted by Gasteiger charge is -2.23. The molecule has 246 valence electrons. The minimum Gasteiger partial charge on any atom is -0.434 e. The molecule has 3 aromatic rings. The number of carbonyl (C=O) groups excluding carboxylic acids is 2. The van der Waals surface area contributed by atoms with Crippen LogP contribution in [0.3, 0.4) is 0 Å². The van der Waals surface area contributed by atoms with E-state index in [0.29, 0.717) is 25.2 Å². The first-order valence-corrected chi connectivity index (χ1v) is 15.8. The fourth-order valence-electron chi connectivity index (χ4n) is 5.81. The molecule has 14 heteroatoms. The van der Waals surface area contributed by atoms with E-state index in [0.717, 1.165) is 73.0 Å². The molecule has 1 spiro atoms. The third kappa shape index (κ3) is 7.94. The number of tetrazole rings is 1. The summed E-state index contributed by atoms with van der Waals surface area (Å²) in [5.74, 6) is 1.44. The van der Waals surface area contributed by atoms with Crippen LogP contribution < -0.4 is 0 Å². The van der Waals surface area contributed by atoms with Gasteiger partial charge in [0.1, 0.15) is 11.4 Å². The Labute approximate surface area is 267 Å². The maximum atomic E-state index is 13.5. The van der Waals surface area contributed by atoms with Crippen LogP contribution in [-0.2, 0) is 25.7 Å². The highest BCUT2D eigenvalue weighted by atomic mass is 17.1. The lowest BCUT2D eigenvalue weighted by atomic mass is 9.97. The van der Waals surface area contributed by atoms with Gasteiger partial charge in [0.2, 0.25) is 12.1 Å². The summed E-state index contributed by atoms with van der Waals surface area (Å²) in [7, 11) is 0. The maximum absolute atomic E-state index is 13.5. The Balaban J connectivity index is 1.21. The molecule has 0 radical (unpaired) electrons. The summed E-state index contributed by atoms with van der Waals surface area (Å²) in [6, 6.07) is 15.9. The molecule has 1 saturated carbocycles. The second-order valence-corrected chi connectivity index (χ2v) is 11.5. The molecule has 46 heavy (non-hydrogen) atoms. The maximum Gasteiger partial charge on any atom is 0.510 e. The van der Waals surface area contributed by atoms with E-state index in [1.807, 2.05) is 53.4 Å². The zero-order valence-corrected chi connectivity index (χ0v) is 26.2. The molecule has 2 aromatic carbocycles. The number of hydrogen-bond donors (Lipinski definition) is 2. The number of amides is 1. The van der Waals surface area contributed by atoms with Crippen LogP contribution in [-0.4, -0.2) is 77.6 Å². The molecule has 1 fully saturated rings. The molecule has 2 heterocycles. The van der Waals surface area contributed by atoms with Crippen LogP contribution in [0.25, 0.3) is 22.5 Å². The number of ether oxygens (including phenoxy) is 2. The van der Waals surface area contributed by atoms with Crippen LogP contribution in [0.5, 0.6) is 0 Å². The Morgan fingerprint density at radius 1 is 1.02 bits per heavy atom. The van der Waals surface area contributed by atoms with Crippen molar-refractivity contribution in [1.29, 1.82) is 0 Å². The average molecular weight is 636 g/mol. The zero-order valence-electron chi connectivity index (χ0n) is 26.2. The Hall–Kier alpha value is -4.24. The van der Waals surface area contributed by atoms with Crippen LogP contribution >= 0.6 is 0 Å². The van der Waals surface area contributed by atoms with Gasteiger partial charge in [-0.15, -0.1) is 15.0 Å². The van der Waals surface area contributed by atoms with Crippen LogP contribution in [0.15, 0.2) is 53.5 Å². The second-order valence-electron chi connectivity index (χ2n) is 11.5. The van der Waals surface area contributed by atoms with Gasteiger partial charge < -0.3 is 9.47 Å². The molecule has 1 aliphatic carbocycles. The minimum absolute atomic E-state index is 0.0501. The Kier molecular flexibility index (Phi) is 11.1. The van der Waals surface area contributed by atoms with Crippen LogP contribution in [0.2, 0.25) is 0 Å². The molecule has 1 unspecified atom stereocenters. The highest BCUT2D eigenvalue weighted by molar-refractivity contribution is 6.08. The van der Waals surface area contributed by atoms with E-state index in [2.05, 4.69) is 27.2 Å². The zero-order chi connectivity index (χ0) is 32.5. The van der Waals surface area contributed by atoms with Crippen molar-refractivity contribution in [2.24, 2.45) is 4.99 Å². The summed E-state index contributed by atoms with van der Waals surface area (Å²) in [6.07, 6.45) is 5.78. The molecular formula is C32H41N7O7. The predicted molar refractivity (Wildman–Crippen MR) is 165 cm³/mol. The van der Waals surface area contributed by atoms with E-state index in [1.165, 1.54) is 4.80 Å². The molecule has 2 N–H and O–H groups in total. The van der Waals surface area contributed by atoms with E-state index >= 15 is 0 Å². The largest absolute Gasteiger partial charge is 0.510 e. The first kappa shape index (κ1) is 33.1. The monoisotopic (exact) mass is 635 g/mol. The molecule has 1 atom stereocenters. The highest BCUT2D eigenvalue weighted by Crippen LogP contribution is 2.40. The van der Waals surface area contributed by atoms with E-state index in [1.54, 1.807) is 6.92 Å². The lowest BCUT2D eigenvalue weighted by molar-refractivity contribution is -0.492. The third-order valence-electron chi connectivity index (χ3n) is 8.24. The first-order chi connectivity index (χ1) is 22.3. The fraction of sp³-hybridized carbons (Fsp3) is 0.500. The fourth-order valence-corrected chi connectivity index (χ4v) is 5.81. The normalized spacial score (nSPS) is 16.3. The smallest absolute Gasteiger partial charge is 0.434 e. The summed E-state index contributed by atoms with van der Waals surface area (Å²) in [5.41, 5.74) is 3.11. The molecule has 2 aliphatic rings. The molecule has 1 aliphatic heterocycles. The van der Waals surface area contributed by atoms with Gasteiger partial charge in [-0.05, 0) is 60.9 Å². The molecular weight excluding hydrogens is 594 g/mol. The number of aliphatic imine (C=N–C) groups is 1. The van der Waals surface area contributed by atoms with Gasteiger partial charge in [0.05, 0.1) is 25.1 Å². The van der Waals surface area contributed by atoms with Gasteiger partial charge >= 0.3 is 6.16 Å². The number of carbonyl (C=O) groups is 2. The number of benzene rings is 2. The standard InChI is InChI=1S/C32H41N7O7/c1-3-4-13-28-33-32(18-7-8-19-32)30(40)37(28)22-24-14-16-25(17-15-24)26-11-5-6-12-27(26)29-34-36-38(35-29)23(2)46-31(41)44-20-9-10-21-45-39(42)43/h5-6,11-12,14-17,23,42-43H,3-4,7-10,13,18-22H2,1-2H3. The molecule has 0 saturated heterocycles. The van der Waals surface area contributed by atoms with Gasteiger partial charge in [-0.2, -0.15) is 0 Å². The summed E-state index contributed by atoms with van der Waals surface area (Å²) in [4.78, 5) is 38.2. The summed E-state index contributed by atoms with van der Waals surface area (Å²) < 4.78 is 10.3. The Morgan fingerprint density at radius 2 is 1.74 bits per heavy atom. The van der Waals surface area contributed by atoms with E-state index in [-0.39, 0.29) is 24.5 Å². The van der Waals surface area contributed by atoms with E-state index in [9.17, 15) is 9.59 Å². The summed E-state index contributed by atoms with van der Waals surface area (Å²) in [5, 5.41) is 29.4. The third-order valence-corrected chi connectivity index (χ3v) is 8.24. The lowest BCUT2D eigenvalue weighted by Crippen LogP contribution is -2.40. The predicted octanol–water partition coefficient (Wildman–Crippen LogP) is 5.71. The van der Waals surface area contributed by atoms with Gasteiger partial charge in [-0.3, -0.25) is 29.9 Å². The number of rotatable bonds is 15. The number of unbranched alkanes of at least 4 members (excludes halogenated alkanes) is 2. The second kappa shape index (κ2) is 15.4. The van der Waals surface area contributed by atoms with Crippen molar-refractivity contribution in [3.8, 4) is 22.5 Å². The van der Waals surface area contributed by atoms with Gasteiger partial charge in [0.25, 0.3) is 5.91 Å². The van der Waals surface area contributed by atoms with Gasteiger partial charge in [-0.1, -0.05) is 74.7 Å². The van der Waals surface area contributed by atoms with Crippen molar-refractivity contribution >= 4 is 17.9 Å². The number of nitrogens with zero attached hydrogens (tertiary/aromatic N) is 7. The van der Waals surface area contributed by atoms with Gasteiger partial charge in [-0.25, -0.2) is 4.79 Å². The molecule has 5 rings (SSSR count). The Morgan fingerprint density at radius 3 is 2.46 bits per heavy atom. The highest BCUT2D eigenvalue weighted by Gasteiger charge is 2.49. The van der Waals surface area contributed by atoms with Gasteiger partial charge in [0, 0.05) is 12.0 Å². The summed E-state index contributed by atoms with van der Waals surface area (Å²) in [6.45, 7) is 4.37. The van der Waals surface area contributed by atoms with E-state index < -0.39 is 17.9 Å². The van der Waals surface area contributed by atoms with Gasteiger partial charge in [0.15, 0.2) is 0 Å². The van der Waals surface area contributed by atoms with Crippen molar-refractivity contribution in [1.82, 2.24) is 30.5 Å². The number of amidine groups is 1. The average Bonchev–Trinajstić information content (AvgIpc) is 3.80. The molecule has 1 aromatic heterocycles. The summed E-state index contributed by atoms with van der Waals surface area (Å²) >= 11 is 0. The minimum atomic E-state index is -0.892. The molecule has 0 bridgehead atoms. The SMILES string of the molecule is CCCCC1=NC2(CCCC2)C(=O)N1Cc1ccc(-c2ccccc2-c2nnn(C(C)OC(=O)OCCCCON(O)O)n2)cc1. The number of hydrogen-bond acceptors (Lipinski definition) is 12. The van der Waals surface area contributed by atoms with Crippen LogP contribution in [0.1, 0.15) is 83.4 Å².